The van der Waals surface area contributed by atoms with Crippen molar-refractivity contribution >= 4 is 11.6 Å². The molecule has 0 aliphatic carbocycles. The van der Waals surface area contributed by atoms with Gasteiger partial charge in [-0.25, -0.2) is 0 Å². The summed E-state index contributed by atoms with van der Waals surface area (Å²) in [5.74, 6) is -0.750. The van der Waals surface area contributed by atoms with Gasteiger partial charge in [-0.05, 0) is 50.3 Å². The van der Waals surface area contributed by atoms with Gasteiger partial charge >= 0.3 is 28.8 Å². The molecule has 13 heteroatoms. The minimum atomic E-state index is -4.25. The van der Waals surface area contributed by atoms with E-state index < -0.39 is 23.5 Å². The van der Waals surface area contributed by atoms with Gasteiger partial charge in [0.1, 0.15) is 0 Å². The molecule has 2 aromatic rings. The number of allylic oxidation sites excluding steroid dienone is 4. The molecule has 0 N–H and O–H groups in total. The molecule has 2 aromatic heterocycles. The Morgan fingerprint density at radius 1 is 0.657 bits per heavy atom. The van der Waals surface area contributed by atoms with Gasteiger partial charge in [0.05, 0.1) is 11.1 Å². The van der Waals surface area contributed by atoms with Crippen LogP contribution in [0.1, 0.15) is 38.8 Å². The molecule has 2 heterocycles. The number of hydrogen-bond donors (Lipinski definition) is 0. The predicted molar refractivity (Wildman–Crippen MR) is 107 cm³/mol. The fraction of sp³-hybridized carbons (Fsp3) is 0.273. The van der Waals surface area contributed by atoms with Crippen molar-refractivity contribution in [1.29, 1.82) is 0 Å². The molecule has 0 saturated heterocycles. The smallest absolute Gasteiger partial charge is 0.876 e. The van der Waals surface area contributed by atoms with E-state index in [9.17, 15) is 46.1 Å². The summed E-state index contributed by atoms with van der Waals surface area (Å²) < 4.78 is 70.6. The number of rotatable bonds is 2. The zero-order valence-electron chi connectivity index (χ0n) is 18.9. The molecule has 0 aliphatic heterocycles. The number of carbonyl (C=O) groups excluding carboxylic acids is 2. The Kier molecular flexibility index (Phi) is 18.9. The maximum atomic E-state index is 11.8. The summed E-state index contributed by atoms with van der Waals surface area (Å²) in [6.45, 7) is 5.39. The minimum absolute atomic E-state index is 0. The van der Waals surface area contributed by atoms with Crippen LogP contribution < -0.4 is 10.2 Å². The molecule has 0 fully saturated rings. The van der Waals surface area contributed by atoms with Crippen molar-refractivity contribution in [1.82, 2.24) is 9.97 Å². The summed E-state index contributed by atoms with van der Waals surface area (Å²) in [5, 5.41) is 20.0. The summed E-state index contributed by atoms with van der Waals surface area (Å²) in [7, 11) is 0. The molecule has 0 radical (unpaired) electrons. The molecule has 0 unspecified atom stereocenters. The second-order valence-corrected chi connectivity index (χ2v) is 6.20. The molecule has 2 rings (SSSR count). The Balaban J connectivity index is -0.000000393. The van der Waals surface area contributed by atoms with E-state index in [1.54, 1.807) is 0 Å². The first kappa shape index (κ1) is 36.4. The van der Waals surface area contributed by atoms with Gasteiger partial charge in [-0.15, -0.1) is 11.5 Å². The van der Waals surface area contributed by atoms with E-state index in [0.29, 0.717) is 0 Å². The standard InChI is InChI=1S/2C6H4F3N.2C5H8O2.Ni/c2*7-6(8,9)5-1-3-10-4-2-5;2*1-4(6)3-5(2)7;/h2*1-4H;2*3,6H,1-2H3;/q;;;;+2/p-2/b;;2*4-3-;. The van der Waals surface area contributed by atoms with Gasteiger partial charge in [0, 0.05) is 24.8 Å². The molecule has 0 aromatic carbocycles. The molecule has 0 aliphatic rings. The van der Waals surface area contributed by atoms with E-state index in [1.807, 2.05) is 0 Å². The third-order valence-electron chi connectivity index (χ3n) is 2.83. The molecular weight excluding hydrogens is 529 g/mol. The Labute approximate surface area is 208 Å². The van der Waals surface area contributed by atoms with E-state index in [2.05, 4.69) is 9.97 Å². The molecule has 196 valence electrons. The van der Waals surface area contributed by atoms with Gasteiger partial charge in [0.15, 0.2) is 11.6 Å². The molecule has 0 bridgehead atoms. The van der Waals surface area contributed by atoms with Gasteiger partial charge < -0.3 is 10.2 Å². The average molecular weight is 551 g/mol. The fourth-order valence-electron chi connectivity index (χ4n) is 1.65. The second kappa shape index (κ2) is 18.2. The number of hydrogen-bond acceptors (Lipinski definition) is 6. The summed E-state index contributed by atoms with van der Waals surface area (Å²) in [5.41, 5.74) is -1.33. The Morgan fingerprint density at radius 2 is 0.886 bits per heavy atom. The SMILES string of the molecule is CC(=O)/C=C(/C)[O-].CC(=O)/C=C(/C)[O-].FC(F)(F)c1ccncc1.FC(F)(F)c1ccncc1.[Ni+2]. The number of aromatic nitrogens is 2. The van der Waals surface area contributed by atoms with Crippen LogP contribution in [0.15, 0.2) is 72.7 Å². The number of alkyl halides is 6. The molecular formula is C22H22F6N2NiO4. The quantitative estimate of drug-likeness (QED) is 0.243. The van der Waals surface area contributed by atoms with Crippen molar-refractivity contribution < 1.29 is 62.6 Å². The summed E-state index contributed by atoms with van der Waals surface area (Å²) >= 11 is 0. The van der Waals surface area contributed by atoms with Crippen LogP contribution in [-0.2, 0) is 38.4 Å². The minimum Gasteiger partial charge on any atom is -0.876 e. The van der Waals surface area contributed by atoms with Crippen molar-refractivity contribution in [3.8, 4) is 0 Å². The van der Waals surface area contributed by atoms with Gasteiger partial charge in [-0.3, -0.25) is 19.6 Å². The van der Waals surface area contributed by atoms with Crippen LogP contribution >= 0.6 is 0 Å². The zero-order chi connectivity index (χ0) is 26.9. The normalized spacial score (nSPS) is 11.1. The van der Waals surface area contributed by atoms with Crippen LogP contribution in [0.25, 0.3) is 0 Å². The topological polar surface area (TPSA) is 106 Å². The maximum Gasteiger partial charge on any atom is 2.00 e. The van der Waals surface area contributed by atoms with Gasteiger partial charge in [-0.1, -0.05) is 13.8 Å². The van der Waals surface area contributed by atoms with Crippen LogP contribution in [0.4, 0.5) is 26.3 Å². The zero-order valence-corrected chi connectivity index (χ0v) is 19.9. The molecule has 0 spiro atoms. The summed E-state index contributed by atoms with van der Waals surface area (Å²) in [4.78, 5) is 26.9. The fourth-order valence-corrected chi connectivity index (χ4v) is 1.65. The molecule has 0 atom stereocenters. The summed E-state index contributed by atoms with van der Waals surface area (Å²) in [6, 6.07) is 3.72. The molecule has 0 saturated carbocycles. The average Bonchev–Trinajstić information content (AvgIpc) is 2.67. The predicted octanol–water partition coefficient (Wildman–Crippen LogP) is 3.88. The number of ketones is 2. The van der Waals surface area contributed by atoms with Crippen molar-refractivity contribution in [3.63, 3.8) is 0 Å². The van der Waals surface area contributed by atoms with Crippen LogP contribution in [0.3, 0.4) is 0 Å². The van der Waals surface area contributed by atoms with Crippen LogP contribution in [-0.4, -0.2) is 21.5 Å². The van der Waals surface area contributed by atoms with Gasteiger partial charge in [0.2, 0.25) is 0 Å². The third-order valence-corrected chi connectivity index (χ3v) is 2.83. The monoisotopic (exact) mass is 550 g/mol. The van der Waals surface area contributed by atoms with Crippen LogP contribution in [0.2, 0.25) is 0 Å². The van der Waals surface area contributed by atoms with E-state index in [0.717, 1.165) is 61.2 Å². The van der Waals surface area contributed by atoms with Crippen molar-refractivity contribution in [2.24, 2.45) is 0 Å². The van der Waals surface area contributed by atoms with E-state index in [-0.39, 0.29) is 39.6 Å². The van der Waals surface area contributed by atoms with Crippen molar-refractivity contribution in [2.75, 3.05) is 0 Å². The first-order chi connectivity index (χ1) is 15.5. The number of halogens is 6. The third kappa shape index (κ3) is 23.7. The molecule has 35 heavy (non-hydrogen) atoms. The molecule has 6 nitrogen and oxygen atoms in total. The van der Waals surface area contributed by atoms with Crippen molar-refractivity contribution in [2.45, 2.75) is 40.0 Å². The second-order valence-electron chi connectivity index (χ2n) is 6.20. The summed E-state index contributed by atoms with van der Waals surface area (Å²) in [6.07, 6.45) is -1.93. The Morgan fingerprint density at radius 3 is 0.971 bits per heavy atom. The first-order valence-electron chi connectivity index (χ1n) is 9.13. The van der Waals surface area contributed by atoms with Gasteiger partial charge in [-0.2, -0.15) is 26.3 Å². The van der Waals surface area contributed by atoms with E-state index in [4.69, 9.17) is 0 Å². The number of carbonyl (C=O) groups is 2. The first-order valence-corrected chi connectivity index (χ1v) is 9.13. The maximum absolute atomic E-state index is 11.8. The number of nitrogens with zero attached hydrogens (tertiary/aromatic N) is 2. The largest absolute Gasteiger partial charge is 2.00 e. The van der Waals surface area contributed by atoms with Gasteiger partial charge in [0.25, 0.3) is 0 Å². The van der Waals surface area contributed by atoms with Crippen LogP contribution in [0.5, 0.6) is 0 Å². The number of pyridine rings is 2. The van der Waals surface area contributed by atoms with E-state index >= 15 is 0 Å². The van der Waals surface area contributed by atoms with E-state index in [1.165, 1.54) is 27.7 Å². The Hall–Kier alpha value is -3.21. The Bertz CT molecular complexity index is 847. The van der Waals surface area contributed by atoms with Crippen molar-refractivity contribution in [3.05, 3.63) is 83.9 Å². The van der Waals surface area contributed by atoms with Crippen LogP contribution in [0, 0.1) is 0 Å². The molecule has 0 amide bonds.